The van der Waals surface area contributed by atoms with Crippen LogP contribution in [0.2, 0.25) is 0 Å². The summed E-state index contributed by atoms with van der Waals surface area (Å²) in [5.74, 6) is 0.779. The summed E-state index contributed by atoms with van der Waals surface area (Å²) < 4.78 is 5.38. The highest BCUT2D eigenvalue weighted by Crippen LogP contribution is 2.34. The molecule has 1 aliphatic rings. The van der Waals surface area contributed by atoms with Gasteiger partial charge in [0.15, 0.2) is 0 Å². The Labute approximate surface area is 116 Å². The molecular formula is C17H24O2. The second-order valence-electron chi connectivity index (χ2n) is 5.38. The Morgan fingerprint density at radius 1 is 1.16 bits per heavy atom. The molecule has 0 saturated heterocycles. The SMILES string of the molecule is COc1ccc(C)cc1C(O)/C1=C/CCCCCC1. The number of benzene rings is 1. The van der Waals surface area contributed by atoms with Gasteiger partial charge in [0.05, 0.1) is 7.11 Å². The zero-order chi connectivity index (χ0) is 13.7. The molecule has 104 valence electrons. The van der Waals surface area contributed by atoms with E-state index in [2.05, 4.69) is 6.08 Å². The molecule has 1 N–H and O–H groups in total. The number of aliphatic hydroxyl groups excluding tert-OH is 1. The van der Waals surface area contributed by atoms with Crippen LogP contribution < -0.4 is 4.74 Å². The maximum atomic E-state index is 10.7. The molecule has 0 heterocycles. The largest absolute Gasteiger partial charge is 0.496 e. The molecule has 1 aromatic carbocycles. The highest BCUT2D eigenvalue weighted by molar-refractivity contribution is 5.41. The molecule has 2 heteroatoms. The summed E-state index contributed by atoms with van der Waals surface area (Å²) in [7, 11) is 1.66. The van der Waals surface area contributed by atoms with Crippen molar-refractivity contribution in [3.05, 3.63) is 41.0 Å². The lowest BCUT2D eigenvalue weighted by molar-refractivity contribution is 0.204. The Balaban J connectivity index is 2.26. The molecule has 1 aromatic rings. The van der Waals surface area contributed by atoms with Crippen LogP contribution in [0.25, 0.3) is 0 Å². The van der Waals surface area contributed by atoms with Gasteiger partial charge >= 0.3 is 0 Å². The zero-order valence-corrected chi connectivity index (χ0v) is 12.0. The maximum Gasteiger partial charge on any atom is 0.125 e. The second-order valence-corrected chi connectivity index (χ2v) is 5.38. The summed E-state index contributed by atoms with van der Waals surface area (Å²) >= 11 is 0. The van der Waals surface area contributed by atoms with E-state index in [0.29, 0.717) is 0 Å². The van der Waals surface area contributed by atoms with Crippen molar-refractivity contribution in [2.24, 2.45) is 0 Å². The lowest BCUT2D eigenvalue weighted by Gasteiger charge is -2.20. The van der Waals surface area contributed by atoms with E-state index in [1.54, 1.807) is 7.11 Å². The number of allylic oxidation sites excluding steroid dienone is 1. The van der Waals surface area contributed by atoms with Gasteiger partial charge in [0.2, 0.25) is 0 Å². The minimum absolute atomic E-state index is 0.520. The van der Waals surface area contributed by atoms with E-state index in [0.717, 1.165) is 35.3 Å². The Bertz CT molecular complexity index is 449. The molecule has 1 atom stereocenters. The van der Waals surface area contributed by atoms with Gasteiger partial charge in [0.1, 0.15) is 11.9 Å². The van der Waals surface area contributed by atoms with E-state index in [-0.39, 0.29) is 0 Å². The summed E-state index contributed by atoms with van der Waals surface area (Å²) in [5.41, 5.74) is 3.21. The first-order valence-electron chi connectivity index (χ1n) is 7.24. The molecule has 1 unspecified atom stereocenters. The standard InChI is InChI=1S/C17H24O2/c1-13-10-11-16(19-2)15(12-13)17(18)14-8-6-4-3-5-7-9-14/h8,10-12,17-18H,3-7,9H2,1-2H3/b14-8+. The Morgan fingerprint density at radius 3 is 2.74 bits per heavy atom. The van der Waals surface area contributed by atoms with Gasteiger partial charge in [0.25, 0.3) is 0 Å². The van der Waals surface area contributed by atoms with Gasteiger partial charge in [-0.1, -0.05) is 30.5 Å². The van der Waals surface area contributed by atoms with Gasteiger partial charge in [0, 0.05) is 5.56 Å². The fraction of sp³-hybridized carbons (Fsp3) is 0.529. The fourth-order valence-electron chi connectivity index (χ4n) is 2.73. The van der Waals surface area contributed by atoms with Gasteiger partial charge in [-0.15, -0.1) is 0 Å². The third-order valence-corrected chi connectivity index (χ3v) is 3.86. The third-order valence-electron chi connectivity index (χ3n) is 3.86. The fourth-order valence-corrected chi connectivity index (χ4v) is 2.73. The van der Waals surface area contributed by atoms with Gasteiger partial charge < -0.3 is 9.84 Å². The predicted molar refractivity (Wildman–Crippen MR) is 78.5 cm³/mol. The van der Waals surface area contributed by atoms with E-state index in [1.807, 2.05) is 25.1 Å². The van der Waals surface area contributed by atoms with E-state index < -0.39 is 6.10 Å². The number of methoxy groups -OCH3 is 1. The van der Waals surface area contributed by atoms with Gasteiger partial charge in [-0.2, -0.15) is 0 Å². The van der Waals surface area contributed by atoms with Crippen LogP contribution in [0.3, 0.4) is 0 Å². The summed E-state index contributed by atoms with van der Waals surface area (Å²) in [6.07, 6.45) is 8.79. The molecule has 2 rings (SSSR count). The molecule has 0 radical (unpaired) electrons. The lowest BCUT2D eigenvalue weighted by atomic mass is 9.92. The molecule has 0 amide bonds. The molecule has 2 nitrogen and oxygen atoms in total. The number of hydrogen-bond acceptors (Lipinski definition) is 2. The summed E-state index contributed by atoms with van der Waals surface area (Å²) in [6, 6.07) is 5.99. The Hall–Kier alpha value is -1.28. The van der Waals surface area contributed by atoms with Crippen molar-refractivity contribution in [1.29, 1.82) is 0 Å². The average Bonchev–Trinajstić information content (AvgIpc) is 2.37. The second kappa shape index (κ2) is 6.76. The number of aryl methyl sites for hydroxylation is 1. The summed E-state index contributed by atoms with van der Waals surface area (Å²) in [4.78, 5) is 0. The Morgan fingerprint density at radius 2 is 1.95 bits per heavy atom. The van der Waals surface area contributed by atoms with E-state index in [1.165, 1.54) is 25.7 Å². The van der Waals surface area contributed by atoms with E-state index in [9.17, 15) is 5.11 Å². The van der Waals surface area contributed by atoms with E-state index in [4.69, 9.17) is 4.74 Å². The molecule has 0 saturated carbocycles. The highest BCUT2D eigenvalue weighted by atomic mass is 16.5. The molecule has 0 fully saturated rings. The van der Waals surface area contributed by atoms with Crippen LogP contribution in [0.15, 0.2) is 29.8 Å². The monoisotopic (exact) mass is 260 g/mol. The molecule has 19 heavy (non-hydrogen) atoms. The summed E-state index contributed by atoms with van der Waals surface area (Å²) in [6.45, 7) is 2.04. The first-order chi connectivity index (χ1) is 9.22. The van der Waals surface area contributed by atoms with Crippen molar-refractivity contribution in [1.82, 2.24) is 0 Å². The lowest BCUT2D eigenvalue weighted by Crippen LogP contribution is -2.06. The van der Waals surface area contributed by atoms with Crippen molar-refractivity contribution in [2.75, 3.05) is 7.11 Å². The molecule has 0 bridgehead atoms. The molecule has 1 aliphatic carbocycles. The van der Waals surface area contributed by atoms with Crippen LogP contribution in [-0.2, 0) is 0 Å². The minimum atomic E-state index is -0.520. The van der Waals surface area contributed by atoms with Crippen LogP contribution in [-0.4, -0.2) is 12.2 Å². The van der Waals surface area contributed by atoms with Crippen LogP contribution in [0.1, 0.15) is 55.8 Å². The first-order valence-corrected chi connectivity index (χ1v) is 7.24. The molecular weight excluding hydrogens is 236 g/mol. The highest BCUT2D eigenvalue weighted by Gasteiger charge is 2.18. The summed E-state index contributed by atoms with van der Waals surface area (Å²) in [5, 5.41) is 10.7. The topological polar surface area (TPSA) is 29.5 Å². The van der Waals surface area contributed by atoms with E-state index >= 15 is 0 Å². The number of rotatable bonds is 3. The number of ether oxygens (including phenoxy) is 1. The van der Waals surface area contributed by atoms with Gasteiger partial charge in [-0.05, 0) is 50.3 Å². The van der Waals surface area contributed by atoms with Crippen LogP contribution in [0.5, 0.6) is 5.75 Å². The first kappa shape index (κ1) is 14.1. The third kappa shape index (κ3) is 3.60. The van der Waals surface area contributed by atoms with Crippen LogP contribution in [0, 0.1) is 6.92 Å². The Kier molecular flexibility index (Phi) is 5.03. The smallest absolute Gasteiger partial charge is 0.125 e. The predicted octanol–water partition coefficient (Wildman–Crippen LogP) is 4.32. The molecule has 0 spiro atoms. The maximum absolute atomic E-state index is 10.7. The normalized spacial score (nSPS) is 20.9. The van der Waals surface area contributed by atoms with Crippen molar-refractivity contribution < 1.29 is 9.84 Å². The quantitative estimate of drug-likeness (QED) is 0.820. The van der Waals surface area contributed by atoms with Crippen molar-refractivity contribution in [2.45, 2.75) is 51.6 Å². The molecule has 0 aliphatic heterocycles. The minimum Gasteiger partial charge on any atom is -0.496 e. The van der Waals surface area contributed by atoms with Crippen molar-refractivity contribution >= 4 is 0 Å². The zero-order valence-electron chi connectivity index (χ0n) is 12.0. The van der Waals surface area contributed by atoms with Crippen molar-refractivity contribution in [3.8, 4) is 5.75 Å². The van der Waals surface area contributed by atoms with Gasteiger partial charge in [-0.3, -0.25) is 0 Å². The van der Waals surface area contributed by atoms with Crippen LogP contribution in [0.4, 0.5) is 0 Å². The number of aliphatic hydroxyl groups is 1. The van der Waals surface area contributed by atoms with Crippen LogP contribution >= 0.6 is 0 Å². The molecule has 0 aromatic heterocycles. The average molecular weight is 260 g/mol. The van der Waals surface area contributed by atoms with Crippen molar-refractivity contribution in [3.63, 3.8) is 0 Å². The van der Waals surface area contributed by atoms with Gasteiger partial charge in [-0.25, -0.2) is 0 Å². The number of hydrogen-bond donors (Lipinski definition) is 1.